The van der Waals surface area contributed by atoms with E-state index in [1.807, 2.05) is 12.1 Å². The Kier molecular flexibility index (Phi) is 3.88. The van der Waals surface area contributed by atoms with Gasteiger partial charge in [-0.25, -0.2) is 0 Å². The van der Waals surface area contributed by atoms with Crippen molar-refractivity contribution in [1.82, 2.24) is 5.32 Å². The first kappa shape index (κ1) is 13.0. The molecule has 0 spiro atoms. The van der Waals surface area contributed by atoms with Crippen LogP contribution < -0.4 is 14.8 Å². The van der Waals surface area contributed by atoms with Crippen LogP contribution in [0, 0.1) is 6.92 Å². The predicted molar refractivity (Wildman–Crippen MR) is 79.2 cm³/mol. The molecular weight excluding hydrogens is 250 g/mol. The molecule has 2 aromatic carbocycles. The SMILES string of the molecule is Cc1ccccc1CCNCc1cccc2c1OCO2. The van der Waals surface area contributed by atoms with E-state index in [-0.39, 0.29) is 0 Å². The third-order valence-electron chi connectivity index (χ3n) is 3.63. The molecule has 2 aromatic rings. The van der Waals surface area contributed by atoms with Gasteiger partial charge < -0.3 is 14.8 Å². The second-order valence-corrected chi connectivity index (χ2v) is 5.00. The van der Waals surface area contributed by atoms with Crippen molar-refractivity contribution in [2.75, 3.05) is 13.3 Å². The van der Waals surface area contributed by atoms with Gasteiger partial charge in [-0.05, 0) is 37.1 Å². The van der Waals surface area contributed by atoms with Crippen LogP contribution in [0.4, 0.5) is 0 Å². The highest BCUT2D eigenvalue weighted by atomic mass is 16.7. The Morgan fingerprint density at radius 3 is 2.75 bits per heavy atom. The van der Waals surface area contributed by atoms with Crippen LogP contribution >= 0.6 is 0 Å². The normalized spacial score (nSPS) is 12.7. The fraction of sp³-hybridized carbons (Fsp3) is 0.294. The zero-order valence-corrected chi connectivity index (χ0v) is 11.7. The van der Waals surface area contributed by atoms with Gasteiger partial charge in [0.15, 0.2) is 11.5 Å². The van der Waals surface area contributed by atoms with Crippen molar-refractivity contribution >= 4 is 0 Å². The number of rotatable bonds is 5. The maximum absolute atomic E-state index is 5.50. The molecule has 3 heteroatoms. The molecule has 0 aromatic heterocycles. The average Bonchev–Trinajstić information content (AvgIpc) is 2.94. The Hall–Kier alpha value is -2.00. The minimum Gasteiger partial charge on any atom is -0.454 e. The van der Waals surface area contributed by atoms with Crippen molar-refractivity contribution in [2.24, 2.45) is 0 Å². The molecule has 1 aliphatic heterocycles. The molecule has 104 valence electrons. The van der Waals surface area contributed by atoms with Crippen LogP contribution in [0.25, 0.3) is 0 Å². The molecule has 0 saturated heterocycles. The first-order valence-electron chi connectivity index (χ1n) is 6.97. The minimum absolute atomic E-state index is 0.329. The first-order valence-corrected chi connectivity index (χ1v) is 6.97. The summed E-state index contributed by atoms with van der Waals surface area (Å²) in [6, 6.07) is 14.5. The molecule has 0 unspecified atom stereocenters. The van der Waals surface area contributed by atoms with E-state index in [1.54, 1.807) is 0 Å². The van der Waals surface area contributed by atoms with Crippen LogP contribution in [-0.4, -0.2) is 13.3 Å². The molecule has 20 heavy (non-hydrogen) atoms. The van der Waals surface area contributed by atoms with Crippen molar-refractivity contribution in [3.8, 4) is 11.5 Å². The zero-order valence-electron chi connectivity index (χ0n) is 11.7. The highest BCUT2D eigenvalue weighted by Crippen LogP contribution is 2.35. The number of para-hydroxylation sites is 1. The van der Waals surface area contributed by atoms with E-state index in [0.717, 1.165) is 36.6 Å². The fourth-order valence-corrected chi connectivity index (χ4v) is 2.47. The summed E-state index contributed by atoms with van der Waals surface area (Å²) in [6.07, 6.45) is 1.04. The van der Waals surface area contributed by atoms with E-state index >= 15 is 0 Å². The minimum atomic E-state index is 0.329. The van der Waals surface area contributed by atoms with Gasteiger partial charge in [-0.2, -0.15) is 0 Å². The van der Waals surface area contributed by atoms with E-state index in [2.05, 4.69) is 42.6 Å². The van der Waals surface area contributed by atoms with Crippen LogP contribution in [0.3, 0.4) is 0 Å². The summed E-state index contributed by atoms with van der Waals surface area (Å²) in [4.78, 5) is 0. The number of hydrogen-bond donors (Lipinski definition) is 1. The maximum Gasteiger partial charge on any atom is 0.231 e. The summed E-state index contributed by atoms with van der Waals surface area (Å²) in [5.74, 6) is 1.74. The van der Waals surface area contributed by atoms with Gasteiger partial charge >= 0.3 is 0 Å². The number of aryl methyl sites for hydroxylation is 1. The standard InChI is InChI=1S/C17H19NO2/c1-13-5-2-3-6-14(13)9-10-18-11-15-7-4-8-16-17(15)20-12-19-16/h2-8,18H,9-12H2,1H3. The molecule has 3 rings (SSSR count). The Balaban J connectivity index is 1.54. The molecule has 0 aliphatic carbocycles. The van der Waals surface area contributed by atoms with Gasteiger partial charge in [-0.1, -0.05) is 36.4 Å². The van der Waals surface area contributed by atoms with Crippen LogP contribution in [0.2, 0.25) is 0 Å². The Labute approximate surface area is 119 Å². The van der Waals surface area contributed by atoms with Crippen LogP contribution in [0.5, 0.6) is 11.5 Å². The van der Waals surface area contributed by atoms with Crippen LogP contribution in [0.15, 0.2) is 42.5 Å². The number of nitrogens with one attached hydrogen (secondary N) is 1. The smallest absolute Gasteiger partial charge is 0.231 e. The summed E-state index contributed by atoms with van der Waals surface area (Å²) in [5.41, 5.74) is 3.91. The van der Waals surface area contributed by atoms with Gasteiger partial charge in [0, 0.05) is 12.1 Å². The Morgan fingerprint density at radius 2 is 1.85 bits per heavy atom. The van der Waals surface area contributed by atoms with E-state index in [9.17, 15) is 0 Å². The average molecular weight is 269 g/mol. The highest BCUT2D eigenvalue weighted by molar-refractivity contribution is 5.48. The molecule has 1 N–H and O–H groups in total. The number of fused-ring (bicyclic) bond motifs is 1. The first-order chi connectivity index (χ1) is 9.84. The van der Waals surface area contributed by atoms with Gasteiger partial charge in [0.1, 0.15) is 0 Å². The molecule has 0 atom stereocenters. The van der Waals surface area contributed by atoms with Crippen molar-refractivity contribution in [1.29, 1.82) is 0 Å². The van der Waals surface area contributed by atoms with Crippen molar-refractivity contribution < 1.29 is 9.47 Å². The van der Waals surface area contributed by atoms with E-state index < -0.39 is 0 Å². The summed E-state index contributed by atoms with van der Waals surface area (Å²) < 4.78 is 10.9. The van der Waals surface area contributed by atoms with E-state index in [1.165, 1.54) is 11.1 Å². The quantitative estimate of drug-likeness (QED) is 0.846. The summed E-state index contributed by atoms with van der Waals surface area (Å²) in [5, 5.41) is 3.47. The summed E-state index contributed by atoms with van der Waals surface area (Å²) >= 11 is 0. The van der Waals surface area contributed by atoms with E-state index in [4.69, 9.17) is 9.47 Å². The Bertz CT molecular complexity index is 595. The number of hydrogen-bond acceptors (Lipinski definition) is 3. The van der Waals surface area contributed by atoms with Crippen LogP contribution in [-0.2, 0) is 13.0 Å². The van der Waals surface area contributed by atoms with Gasteiger partial charge in [0.25, 0.3) is 0 Å². The van der Waals surface area contributed by atoms with Crippen molar-refractivity contribution in [2.45, 2.75) is 19.9 Å². The van der Waals surface area contributed by atoms with E-state index in [0.29, 0.717) is 6.79 Å². The summed E-state index contributed by atoms with van der Waals surface area (Å²) in [7, 11) is 0. The van der Waals surface area contributed by atoms with Crippen molar-refractivity contribution in [3.05, 3.63) is 59.2 Å². The molecule has 3 nitrogen and oxygen atoms in total. The number of benzene rings is 2. The van der Waals surface area contributed by atoms with Gasteiger partial charge in [-0.3, -0.25) is 0 Å². The lowest BCUT2D eigenvalue weighted by Crippen LogP contribution is -2.17. The molecule has 0 radical (unpaired) electrons. The molecular formula is C17H19NO2. The molecule has 0 fully saturated rings. The lowest BCUT2D eigenvalue weighted by Gasteiger charge is -2.09. The topological polar surface area (TPSA) is 30.5 Å². The highest BCUT2D eigenvalue weighted by Gasteiger charge is 2.16. The summed E-state index contributed by atoms with van der Waals surface area (Å²) in [6.45, 7) is 4.24. The number of ether oxygens (including phenoxy) is 2. The third kappa shape index (κ3) is 2.78. The predicted octanol–water partition coefficient (Wildman–Crippen LogP) is 3.06. The largest absolute Gasteiger partial charge is 0.454 e. The zero-order chi connectivity index (χ0) is 13.8. The molecule has 1 aliphatic rings. The second kappa shape index (κ2) is 5.97. The van der Waals surface area contributed by atoms with Gasteiger partial charge in [-0.15, -0.1) is 0 Å². The monoisotopic (exact) mass is 269 g/mol. The molecule has 0 saturated carbocycles. The molecule has 1 heterocycles. The maximum atomic E-state index is 5.50. The lowest BCUT2D eigenvalue weighted by atomic mass is 10.1. The van der Waals surface area contributed by atoms with Crippen molar-refractivity contribution in [3.63, 3.8) is 0 Å². The fourth-order valence-electron chi connectivity index (χ4n) is 2.47. The van der Waals surface area contributed by atoms with Gasteiger partial charge in [0.2, 0.25) is 6.79 Å². The second-order valence-electron chi connectivity index (χ2n) is 5.00. The third-order valence-corrected chi connectivity index (χ3v) is 3.63. The molecule has 0 bridgehead atoms. The Morgan fingerprint density at radius 1 is 1.00 bits per heavy atom. The molecule has 0 amide bonds. The van der Waals surface area contributed by atoms with Gasteiger partial charge in [0.05, 0.1) is 0 Å². The van der Waals surface area contributed by atoms with Crippen LogP contribution in [0.1, 0.15) is 16.7 Å². The lowest BCUT2D eigenvalue weighted by molar-refractivity contribution is 0.173.